The molecule has 0 fully saturated rings. The highest BCUT2D eigenvalue weighted by molar-refractivity contribution is 5.93. The van der Waals surface area contributed by atoms with Crippen molar-refractivity contribution in [1.29, 1.82) is 0 Å². The Hall–Kier alpha value is -2.05. The first-order chi connectivity index (χ1) is 9.31. The van der Waals surface area contributed by atoms with Crippen molar-refractivity contribution in [3.63, 3.8) is 0 Å². The third-order valence-corrected chi connectivity index (χ3v) is 2.32. The molecule has 0 unspecified atom stereocenters. The van der Waals surface area contributed by atoms with Crippen molar-refractivity contribution in [2.45, 2.75) is 25.9 Å². The first kappa shape index (κ1) is 16.0. The molecule has 1 N–H and O–H groups in total. The highest BCUT2D eigenvalue weighted by Gasteiger charge is 2.27. The van der Waals surface area contributed by atoms with Crippen LogP contribution in [0.2, 0.25) is 0 Å². The second kappa shape index (κ2) is 6.93. The Labute approximate surface area is 113 Å². The van der Waals surface area contributed by atoms with E-state index in [2.05, 4.69) is 5.32 Å². The summed E-state index contributed by atoms with van der Waals surface area (Å²) in [5, 5.41) is 2.32. The van der Waals surface area contributed by atoms with Crippen molar-refractivity contribution < 1.29 is 27.5 Å². The monoisotopic (exact) mass is 289 g/mol. The van der Waals surface area contributed by atoms with E-state index < -0.39 is 30.9 Å². The van der Waals surface area contributed by atoms with Crippen LogP contribution in [0.1, 0.15) is 30.1 Å². The standard InChI is InChI=1S/C13H14F3NO3/c1-2-20-12(19)9-3-5-10(6-4-9)17-11(18)7-8-13(14,15)16/h3-6H,2,7-8H2,1H3,(H,17,18). The molecule has 0 aliphatic carbocycles. The van der Waals surface area contributed by atoms with Crippen molar-refractivity contribution in [3.8, 4) is 0 Å². The Kier molecular flexibility index (Phi) is 5.54. The summed E-state index contributed by atoms with van der Waals surface area (Å²) in [5.74, 6) is -1.23. The van der Waals surface area contributed by atoms with Gasteiger partial charge in [-0.1, -0.05) is 0 Å². The summed E-state index contributed by atoms with van der Waals surface area (Å²) in [6.07, 6.45) is -6.16. The molecule has 7 heteroatoms. The molecular weight excluding hydrogens is 275 g/mol. The molecule has 1 rings (SSSR count). The van der Waals surface area contributed by atoms with Gasteiger partial charge in [-0.15, -0.1) is 0 Å². The molecule has 0 aromatic heterocycles. The summed E-state index contributed by atoms with van der Waals surface area (Å²) in [6, 6.07) is 5.71. The van der Waals surface area contributed by atoms with Gasteiger partial charge in [0.05, 0.1) is 18.6 Å². The molecule has 4 nitrogen and oxygen atoms in total. The zero-order chi connectivity index (χ0) is 15.2. The molecule has 0 bridgehead atoms. The number of amides is 1. The number of halogens is 3. The summed E-state index contributed by atoms with van der Waals surface area (Å²) >= 11 is 0. The molecule has 1 aromatic rings. The fraction of sp³-hybridized carbons (Fsp3) is 0.385. The zero-order valence-electron chi connectivity index (χ0n) is 10.8. The van der Waals surface area contributed by atoms with Crippen LogP contribution in [-0.4, -0.2) is 24.7 Å². The summed E-state index contributed by atoms with van der Waals surface area (Å²) in [5.41, 5.74) is 0.630. The molecule has 1 amide bonds. The molecule has 0 aliphatic heterocycles. The van der Waals surface area contributed by atoms with Gasteiger partial charge in [-0.2, -0.15) is 13.2 Å². The lowest BCUT2D eigenvalue weighted by Crippen LogP contribution is -2.16. The van der Waals surface area contributed by atoms with Gasteiger partial charge >= 0.3 is 12.1 Å². The number of anilines is 1. The van der Waals surface area contributed by atoms with E-state index >= 15 is 0 Å². The quantitative estimate of drug-likeness (QED) is 0.847. The maximum Gasteiger partial charge on any atom is 0.389 e. The molecule has 0 heterocycles. The zero-order valence-corrected chi connectivity index (χ0v) is 10.8. The van der Waals surface area contributed by atoms with Crippen LogP contribution in [0.5, 0.6) is 0 Å². The van der Waals surface area contributed by atoms with E-state index in [0.717, 1.165) is 0 Å². The third-order valence-electron chi connectivity index (χ3n) is 2.32. The molecule has 0 aliphatic rings. The van der Waals surface area contributed by atoms with Gasteiger partial charge in [0.2, 0.25) is 5.91 Å². The number of benzene rings is 1. The largest absolute Gasteiger partial charge is 0.462 e. The van der Waals surface area contributed by atoms with E-state index in [0.29, 0.717) is 11.3 Å². The fourth-order valence-corrected chi connectivity index (χ4v) is 1.38. The lowest BCUT2D eigenvalue weighted by atomic mass is 10.2. The van der Waals surface area contributed by atoms with Crippen molar-refractivity contribution in [3.05, 3.63) is 29.8 Å². The van der Waals surface area contributed by atoms with Crippen LogP contribution < -0.4 is 5.32 Å². The second-order valence-electron chi connectivity index (χ2n) is 3.96. The van der Waals surface area contributed by atoms with Crippen molar-refractivity contribution in [1.82, 2.24) is 0 Å². The highest BCUT2D eigenvalue weighted by Crippen LogP contribution is 2.21. The minimum Gasteiger partial charge on any atom is -0.462 e. The average molecular weight is 289 g/mol. The number of ether oxygens (including phenoxy) is 1. The van der Waals surface area contributed by atoms with Gasteiger partial charge in [0.15, 0.2) is 0 Å². The Balaban J connectivity index is 2.53. The molecule has 0 radical (unpaired) electrons. The summed E-state index contributed by atoms with van der Waals surface area (Å²) < 4.78 is 40.6. The number of hydrogen-bond donors (Lipinski definition) is 1. The van der Waals surface area contributed by atoms with Crippen molar-refractivity contribution in [2.24, 2.45) is 0 Å². The number of hydrogen-bond acceptors (Lipinski definition) is 3. The van der Waals surface area contributed by atoms with E-state index in [-0.39, 0.29) is 6.61 Å². The van der Waals surface area contributed by atoms with Crippen LogP contribution in [0.25, 0.3) is 0 Å². The Morgan fingerprint density at radius 2 is 1.80 bits per heavy atom. The third kappa shape index (κ3) is 5.73. The fourth-order valence-electron chi connectivity index (χ4n) is 1.38. The smallest absolute Gasteiger partial charge is 0.389 e. The van der Waals surface area contributed by atoms with Crippen LogP contribution >= 0.6 is 0 Å². The predicted molar refractivity (Wildman–Crippen MR) is 66.3 cm³/mol. The molecule has 0 atom stereocenters. The topological polar surface area (TPSA) is 55.4 Å². The second-order valence-corrected chi connectivity index (χ2v) is 3.96. The van der Waals surface area contributed by atoms with Crippen LogP contribution in [0.4, 0.5) is 18.9 Å². The number of carbonyl (C=O) groups excluding carboxylic acids is 2. The SMILES string of the molecule is CCOC(=O)c1ccc(NC(=O)CCC(F)(F)F)cc1. The summed E-state index contributed by atoms with van der Waals surface area (Å²) in [7, 11) is 0. The molecule has 110 valence electrons. The number of rotatable bonds is 5. The number of nitrogens with one attached hydrogen (secondary N) is 1. The Bertz CT molecular complexity index is 469. The van der Waals surface area contributed by atoms with E-state index in [9.17, 15) is 22.8 Å². The maximum atomic E-state index is 11.9. The van der Waals surface area contributed by atoms with E-state index in [1.807, 2.05) is 0 Å². The van der Waals surface area contributed by atoms with Crippen LogP contribution in [-0.2, 0) is 9.53 Å². The van der Waals surface area contributed by atoms with Gasteiger partial charge in [0.25, 0.3) is 0 Å². The number of alkyl halides is 3. The van der Waals surface area contributed by atoms with E-state index in [1.54, 1.807) is 6.92 Å². The number of carbonyl (C=O) groups is 2. The molecule has 0 saturated heterocycles. The molecule has 0 saturated carbocycles. The van der Waals surface area contributed by atoms with Crippen molar-refractivity contribution >= 4 is 17.6 Å². The number of esters is 1. The first-order valence-corrected chi connectivity index (χ1v) is 5.95. The van der Waals surface area contributed by atoms with Gasteiger partial charge in [-0.05, 0) is 31.2 Å². The molecular formula is C13H14F3NO3. The summed E-state index contributed by atoms with van der Waals surface area (Å²) in [4.78, 5) is 22.6. The van der Waals surface area contributed by atoms with Gasteiger partial charge < -0.3 is 10.1 Å². The van der Waals surface area contributed by atoms with E-state index in [4.69, 9.17) is 4.74 Å². The van der Waals surface area contributed by atoms with Gasteiger partial charge in [-0.3, -0.25) is 4.79 Å². The van der Waals surface area contributed by atoms with Gasteiger partial charge in [-0.25, -0.2) is 4.79 Å². The Morgan fingerprint density at radius 1 is 1.20 bits per heavy atom. The predicted octanol–water partition coefficient (Wildman–Crippen LogP) is 3.14. The van der Waals surface area contributed by atoms with Gasteiger partial charge in [0.1, 0.15) is 0 Å². The minimum absolute atomic E-state index is 0.245. The minimum atomic E-state index is -4.36. The first-order valence-electron chi connectivity index (χ1n) is 5.95. The molecule has 0 spiro atoms. The Morgan fingerprint density at radius 3 is 2.30 bits per heavy atom. The van der Waals surface area contributed by atoms with Crippen LogP contribution in [0.15, 0.2) is 24.3 Å². The van der Waals surface area contributed by atoms with Crippen molar-refractivity contribution in [2.75, 3.05) is 11.9 Å². The molecule has 20 heavy (non-hydrogen) atoms. The highest BCUT2D eigenvalue weighted by atomic mass is 19.4. The van der Waals surface area contributed by atoms with Crippen LogP contribution in [0.3, 0.4) is 0 Å². The summed E-state index contributed by atoms with van der Waals surface area (Å²) in [6.45, 7) is 1.92. The maximum absolute atomic E-state index is 11.9. The average Bonchev–Trinajstić information content (AvgIpc) is 2.37. The lowest BCUT2D eigenvalue weighted by Gasteiger charge is -2.08. The lowest BCUT2D eigenvalue weighted by molar-refractivity contribution is -0.142. The van der Waals surface area contributed by atoms with Crippen LogP contribution in [0, 0.1) is 0 Å². The normalized spacial score (nSPS) is 11.0. The van der Waals surface area contributed by atoms with Gasteiger partial charge in [0, 0.05) is 12.1 Å². The van der Waals surface area contributed by atoms with E-state index in [1.165, 1.54) is 24.3 Å². The molecule has 1 aromatic carbocycles.